The van der Waals surface area contributed by atoms with Gasteiger partial charge in [-0.05, 0) is 69.4 Å². The van der Waals surface area contributed by atoms with E-state index in [0.29, 0.717) is 17.5 Å². The first-order chi connectivity index (χ1) is 27.7. The fourth-order valence-corrected chi connectivity index (χ4v) is 7.94. The van der Waals surface area contributed by atoms with E-state index in [1.807, 2.05) is 30.3 Å². The number of benzene rings is 9. The number of furan rings is 1. The van der Waals surface area contributed by atoms with Crippen LogP contribution < -0.4 is 4.90 Å². The summed E-state index contributed by atoms with van der Waals surface area (Å²) in [6.07, 6.45) is 0. The molecule has 2 heterocycles. The second kappa shape index (κ2) is 13.0. The molecule has 2 aromatic heterocycles. The summed E-state index contributed by atoms with van der Waals surface area (Å²) >= 11 is 0. The summed E-state index contributed by atoms with van der Waals surface area (Å²) in [7, 11) is 0. The lowest BCUT2D eigenvalue weighted by Gasteiger charge is -2.27. The molecule has 0 amide bonds. The molecule has 11 aromatic rings. The summed E-state index contributed by atoms with van der Waals surface area (Å²) in [6.45, 7) is 0. The maximum Gasteiger partial charge on any atom is 0.167 e. The van der Waals surface area contributed by atoms with Crippen molar-refractivity contribution in [2.24, 2.45) is 0 Å². The SMILES string of the molecule is c1ccc(-c2nc(-c3ccc4ccccc4c3)nc(-c3cccc4c3oc3c(N(c5ccccc5)c5ccc6ccccc6c5)c5ccccc5cc34)n2)cc1. The molecule has 0 saturated heterocycles. The summed E-state index contributed by atoms with van der Waals surface area (Å²) in [5.74, 6) is 1.75. The average molecular weight is 717 g/mol. The molecule has 0 unspecified atom stereocenters. The van der Waals surface area contributed by atoms with Crippen LogP contribution in [0.3, 0.4) is 0 Å². The highest BCUT2D eigenvalue weighted by molar-refractivity contribution is 6.20. The Balaban J connectivity index is 1.18. The molecule has 0 radical (unpaired) electrons. The third-order valence-electron chi connectivity index (χ3n) is 10.6. The zero-order valence-corrected chi connectivity index (χ0v) is 30.2. The highest BCUT2D eigenvalue weighted by Crippen LogP contribution is 2.48. The fraction of sp³-hybridized carbons (Fsp3) is 0. The van der Waals surface area contributed by atoms with Gasteiger partial charge in [-0.1, -0.05) is 152 Å². The number of rotatable bonds is 6. The van der Waals surface area contributed by atoms with Crippen LogP contribution in [0.2, 0.25) is 0 Å². The molecule has 0 fully saturated rings. The minimum atomic E-state index is 0.548. The molecule has 0 spiro atoms. The van der Waals surface area contributed by atoms with Crippen molar-refractivity contribution in [2.45, 2.75) is 0 Å². The highest BCUT2D eigenvalue weighted by Gasteiger charge is 2.25. The lowest BCUT2D eigenvalue weighted by atomic mass is 10.0. The van der Waals surface area contributed by atoms with Gasteiger partial charge < -0.3 is 9.32 Å². The van der Waals surface area contributed by atoms with E-state index in [-0.39, 0.29) is 0 Å². The molecule has 0 N–H and O–H groups in total. The Labute approximate surface area is 322 Å². The van der Waals surface area contributed by atoms with Crippen molar-refractivity contribution in [2.75, 3.05) is 4.90 Å². The Kier molecular flexibility index (Phi) is 7.42. The average Bonchev–Trinajstić information content (AvgIpc) is 3.65. The van der Waals surface area contributed by atoms with Gasteiger partial charge in [-0.25, -0.2) is 15.0 Å². The zero-order chi connectivity index (χ0) is 37.0. The second-order valence-electron chi connectivity index (χ2n) is 14.0. The summed E-state index contributed by atoms with van der Waals surface area (Å²) in [5, 5.41) is 8.86. The van der Waals surface area contributed by atoms with Crippen molar-refractivity contribution < 1.29 is 4.42 Å². The lowest BCUT2D eigenvalue weighted by Crippen LogP contribution is -2.10. The monoisotopic (exact) mass is 716 g/mol. The maximum absolute atomic E-state index is 7.20. The van der Waals surface area contributed by atoms with Crippen LogP contribution in [-0.4, -0.2) is 15.0 Å². The first-order valence-electron chi connectivity index (χ1n) is 18.8. The molecule has 0 aliphatic carbocycles. The molecular weight excluding hydrogens is 685 g/mol. The van der Waals surface area contributed by atoms with Gasteiger partial charge in [-0.3, -0.25) is 0 Å². The van der Waals surface area contributed by atoms with Gasteiger partial charge in [0.25, 0.3) is 0 Å². The van der Waals surface area contributed by atoms with Gasteiger partial charge in [0.15, 0.2) is 23.1 Å². The van der Waals surface area contributed by atoms with E-state index in [9.17, 15) is 0 Å². The Bertz CT molecular complexity index is 3260. The van der Waals surface area contributed by atoms with Crippen molar-refractivity contribution in [3.8, 4) is 34.2 Å². The van der Waals surface area contributed by atoms with Crippen molar-refractivity contribution in [1.29, 1.82) is 0 Å². The van der Waals surface area contributed by atoms with Gasteiger partial charge in [-0.15, -0.1) is 0 Å². The molecule has 262 valence electrons. The van der Waals surface area contributed by atoms with E-state index < -0.39 is 0 Å². The van der Waals surface area contributed by atoms with E-state index >= 15 is 0 Å². The molecule has 11 rings (SSSR count). The third-order valence-corrected chi connectivity index (χ3v) is 10.6. The van der Waals surface area contributed by atoms with Crippen LogP contribution in [0.15, 0.2) is 199 Å². The predicted molar refractivity (Wildman–Crippen MR) is 231 cm³/mol. The van der Waals surface area contributed by atoms with Gasteiger partial charge in [0.1, 0.15) is 5.58 Å². The normalized spacial score (nSPS) is 11.6. The van der Waals surface area contributed by atoms with Crippen LogP contribution in [0.4, 0.5) is 17.1 Å². The quantitative estimate of drug-likeness (QED) is 0.171. The lowest BCUT2D eigenvalue weighted by molar-refractivity contribution is 0.670. The fourth-order valence-electron chi connectivity index (χ4n) is 7.94. The molecule has 0 bridgehead atoms. The number of fused-ring (bicyclic) bond motifs is 6. The minimum Gasteiger partial charge on any atom is -0.453 e. The van der Waals surface area contributed by atoms with Crippen LogP contribution in [0.5, 0.6) is 0 Å². The largest absolute Gasteiger partial charge is 0.453 e. The molecule has 0 aliphatic rings. The zero-order valence-electron chi connectivity index (χ0n) is 30.2. The Morgan fingerprint density at radius 1 is 0.339 bits per heavy atom. The predicted octanol–water partition coefficient (Wildman–Crippen LogP) is 13.7. The van der Waals surface area contributed by atoms with Gasteiger partial charge >= 0.3 is 0 Å². The number of para-hydroxylation sites is 2. The number of hydrogen-bond donors (Lipinski definition) is 0. The van der Waals surface area contributed by atoms with Gasteiger partial charge in [0, 0.05) is 38.7 Å². The topological polar surface area (TPSA) is 55.1 Å². The summed E-state index contributed by atoms with van der Waals surface area (Å²) in [5.41, 5.74) is 7.19. The number of aromatic nitrogens is 3. The van der Waals surface area contributed by atoms with Crippen molar-refractivity contribution in [3.05, 3.63) is 194 Å². The van der Waals surface area contributed by atoms with Crippen molar-refractivity contribution >= 4 is 71.3 Å². The van der Waals surface area contributed by atoms with Gasteiger partial charge in [0.2, 0.25) is 0 Å². The van der Waals surface area contributed by atoms with Crippen LogP contribution >= 0.6 is 0 Å². The highest BCUT2D eigenvalue weighted by atomic mass is 16.3. The number of anilines is 3. The Morgan fingerprint density at radius 3 is 1.70 bits per heavy atom. The summed E-state index contributed by atoms with van der Waals surface area (Å²) in [6, 6.07) is 67.5. The van der Waals surface area contributed by atoms with Crippen molar-refractivity contribution in [3.63, 3.8) is 0 Å². The first kappa shape index (κ1) is 31.9. The van der Waals surface area contributed by atoms with Gasteiger partial charge in [0.05, 0.1) is 11.3 Å². The molecule has 0 aliphatic heterocycles. The number of nitrogens with zero attached hydrogens (tertiary/aromatic N) is 4. The molecule has 56 heavy (non-hydrogen) atoms. The van der Waals surface area contributed by atoms with Crippen LogP contribution in [0.1, 0.15) is 0 Å². The minimum absolute atomic E-state index is 0.548. The molecule has 5 heteroatoms. The summed E-state index contributed by atoms with van der Waals surface area (Å²) < 4.78 is 7.20. The maximum atomic E-state index is 7.20. The van der Waals surface area contributed by atoms with E-state index in [4.69, 9.17) is 19.4 Å². The molecular formula is C51H32N4O. The van der Waals surface area contributed by atoms with Crippen LogP contribution in [0.25, 0.3) is 88.4 Å². The Hall–Kier alpha value is -7.63. The molecule has 0 saturated carbocycles. The standard InChI is InChI=1S/C51H32N4O/c1-3-16-35(17-4-1)49-52-50(39-27-26-33-14-7-9-18-36(33)30-39)54-51(53-49)44-25-13-24-43-45-32-38-20-11-12-23-42(38)46(48(45)56-47(43)44)55(40-21-5-2-6-22-40)41-29-28-34-15-8-10-19-37(34)31-41/h1-32H. The van der Waals surface area contributed by atoms with E-state index in [0.717, 1.165) is 77.2 Å². The first-order valence-corrected chi connectivity index (χ1v) is 18.8. The summed E-state index contributed by atoms with van der Waals surface area (Å²) in [4.78, 5) is 17.7. The molecule has 9 aromatic carbocycles. The molecule has 5 nitrogen and oxygen atoms in total. The van der Waals surface area contributed by atoms with E-state index in [2.05, 4.69) is 169 Å². The van der Waals surface area contributed by atoms with Crippen LogP contribution in [-0.2, 0) is 0 Å². The third kappa shape index (κ3) is 5.37. The Morgan fingerprint density at radius 2 is 0.929 bits per heavy atom. The molecule has 0 atom stereocenters. The number of hydrogen-bond acceptors (Lipinski definition) is 5. The second-order valence-corrected chi connectivity index (χ2v) is 14.0. The van der Waals surface area contributed by atoms with Gasteiger partial charge in [-0.2, -0.15) is 0 Å². The van der Waals surface area contributed by atoms with Crippen molar-refractivity contribution in [1.82, 2.24) is 15.0 Å². The van der Waals surface area contributed by atoms with E-state index in [1.54, 1.807) is 0 Å². The van der Waals surface area contributed by atoms with E-state index in [1.165, 1.54) is 10.8 Å². The smallest absolute Gasteiger partial charge is 0.167 e. The van der Waals surface area contributed by atoms with Crippen LogP contribution in [0, 0.1) is 0 Å².